The molecule has 2 aliphatic rings. The quantitative estimate of drug-likeness (QED) is 0.846. The maximum Gasteiger partial charge on any atom is 0.258 e. The molecular formula is C13H15N3O2S. The van der Waals surface area contributed by atoms with Crippen LogP contribution >= 0.6 is 11.8 Å². The average molecular weight is 277 g/mol. The molecule has 0 unspecified atom stereocenters. The van der Waals surface area contributed by atoms with E-state index in [2.05, 4.69) is 15.3 Å². The molecule has 0 atom stereocenters. The van der Waals surface area contributed by atoms with Gasteiger partial charge in [0.15, 0.2) is 0 Å². The van der Waals surface area contributed by atoms with Gasteiger partial charge in [-0.3, -0.25) is 9.78 Å². The van der Waals surface area contributed by atoms with E-state index in [1.54, 1.807) is 13.3 Å². The zero-order valence-corrected chi connectivity index (χ0v) is 11.9. The number of aromatic nitrogens is 2. The van der Waals surface area contributed by atoms with E-state index < -0.39 is 0 Å². The van der Waals surface area contributed by atoms with E-state index in [4.69, 9.17) is 4.74 Å². The van der Waals surface area contributed by atoms with Gasteiger partial charge in [-0.15, -0.1) is 0 Å². The predicted molar refractivity (Wildman–Crippen MR) is 72.0 cm³/mol. The zero-order valence-electron chi connectivity index (χ0n) is 11.1. The van der Waals surface area contributed by atoms with Gasteiger partial charge in [0.05, 0.1) is 23.9 Å². The Kier molecular flexibility index (Phi) is 2.78. The molecule has 0 bridgehead atoms. The van der Waals surface area contributed by atoms with Crippen molar-refractivity contribution >= 4 is 17.7 Å². The van der Waals surface area contributed by atoms with Crippen LogP contribution in [0.25, 0.3) is 0 Å². The second kappa shape index (κ2) is 4.23. The first-order valence-electron chi connectivity index (χ1n) is 6.11. The first kappa shape index (κ1) is 12.5. The lowest BCUT2D eigenvalue weighted by atomic mass is 9.88. The molecule has 1 amide bonds. The number of nitrogens with zero attached hydrogens (tertiary/aromatic N) is 2. The number of fused-ring (bicyclic) bond motifs is 1. The number of methoxy groups -OCH3 is 1. The van der Waals surface area contributed by atoms with Crippen LogP contribution in [-0.4, -0.2) is 28.5 Å². The summed E-state index contributed by atoms with van der Waals surface area (Å²) in [4.78, 5) is 21.6. The molecule has 0 saturated heterocycles. The predicted octanol–water partition coefficient (Wildman–Crippen LogP) is 1.69. The molecule has 3 heterocycles. The minimum Gasteiger partial charge on any atom is -0.480 e. The number of nitrogens with one attached hydrogen (secondary N) is 1. The van der Waals surface area contributed by atoms with Gasteiger partial charge in [-0.25, -0.2) is 4.98 Å². The molecule has 6 heteroatoms. The third-order valence-corrected chi connectivity index (χ3v) is 4.41. The van der Waals surface area contributed by atoms with Crippen molar-refractivity contribution in [3.63, 3.8) is 0 Å². The monoisotopic (exact) mass is 277 g/mol. The summed E-state index contributed by atoms with van der Waals surface area (Å²) in [5.41, 5.74) is 1.90. The summed E-state index contributed by atoms with van der Waals surface area (Å²) in [6.45, 7) is 4.07. The molecule has 0 radical (unpaired) electrons. The average Bonchev–Trinajstić information content (AvgIpc) is 2.35. The highest BCUT2D eigenvalue weighted by Gasteiger charge is 2.35. The van der Waals surface area contributed by atoms with E-state index in [1.807, 2.05) is 13.8 Å². The van der Waals surface area contributed by atoms with E-state index in [1.165, 1.54) is 11.8 Å². The number of amides is 1. The van der Waals surface area contributed by atoms with Crippen LogP contribution in [0.2, 0.25) is 0 Å². The molecule has 1 N–H and O–H groups in total. The normalized spacial score (nSPS) is 20.5. The Morgan fingerprint density at radius 2 is 2.26 bits per heavy atom. The molecule has 2 aliphatic heterocycles. The molecule has 5 nitrogen and oxygen atoms in total. The van der Waals surface area contributed by atoms with Gasteiger partial charge in [-0.1, -0.05) is 11.8 Å². The lowest BCUT2D eigenvalue weighted by molar-refractivity contribution is -0.118. The summed E-state index contributed by atoms with van der Waals surface area (Å²) in [6, 6.07) is 0. The van der Waals surface area contributed by atoms with E-state index >= 15 is 0 Å². The Bertz CT molecular complexity index is 596. The molecule has 19 heavy (non-hydrogen) atoms. The van der Waals surface area contributed by atoms with Crippen molar-refractivity contribution in [3.05, 3.63) is 22.4 Å². The summed E-state index contributed by atoms with van der Waals surface area (Å²) in [5.74, 6) is 0.471. The highest BCUT2D eigenvalue weighted by atomic mass is 32.2. The summed E-state index contributed by atoms with van der Waals surface area (Å²) >= 11 is 1.39. The van der Waals surface area contributed by atoms with Crippen LogP contribution in [0.5, 0.6) is 5.88 Å². The van der Waals surface area contributed by atoms with Crippen molar-refractivity contribution in [1.29, 1.82) is 0 Å². The van der Waals surface area contributed by atoms with E-state index in [0.29, 0.717) is 12.3 Å². The van der Waals surface area contributed by atoms with E-state index in [0.717, 1.165) is 27.6 Å². The Hall–Kier alpha value is -1.56. The minimum atomic E-state index is -0.187. The van der Waals surface area contributed by atoms with Crippen molar-refractivity contribution < 1.29 is 9.53 Å². The smallest absolute Gasteiger partial charge is 0.258 e. The molecule has 0 aliphatic carbocycles. The molecule has 3 rings (SSSR count). The Morgan fingerprint density at radius 3 is 3.00 bits per heavy atom. The van der Waals surface area contributed by atoms with Crippen LogP contribution in [0.1, 0.15) is 26.0 Å². The van der Waals surface area contributed by atoms with Gasteiger partial charge in [0.25, 0.3) is 5.91 Å². The van der Waals surface area contributed by atoms with Gasteiger partial charge >= 0.3 is 0 Å². The molecular weight excluding hydrogens is 262 g/mol. The third-order valence-electron chi connectivity index (χ3n) is 3.21. The molecule has 0 saturated carbocycles. The van der Waals surface area contributed by atoms with Crippen molar-refractivity contribution in [3.8, 4) is 5.88 Å². The van der Waals surface area contributed by atoms with Gasteiger partial charge < -0.3 is 10.1 Å². The SMILES string of the molecule is COc1cnc2c(n1)SC1=C(C2)CC(C)(C)NC1=O. The number of ether oxygens (including phenoxy) is 1. The molecule has 1 aromatic rings. The molecule has 100 valence electrons. The van der Waals surface area contributed by atoms with Crippen molar-refractivity contribution in [2.45, 2.75) is 37.3 Å². The Labute approximate surface area is 115 Å². The fraction of sp³-hybridized carbons (Fsp3) is 0.462. The molecule has 0 aromatic carbocycles. The summed E-state index contributed by atoms with van der Waals surface area (Å²) in [7, 11) is 1.56. The van der Waals surface area contributed by atoms with Crippen molar-refractivity contribution in [1.82, 2.24) is 15.3 Å². The second-order valence-corrected chi connectivity index (χ2v) is 6.39. The first-order valence-corrected chi connectivity index (χ1v) is 6.92. The summed E-state index contributed by atoms with van der Waals surface area (Å²) in [6.07, 6.45) is 3.18. The molecule has 1 aromatic heterocycles. The summed E-state index contributed by atoms with van der Waals surface area (Å²) < 4.78 is 5.07. The maximum absolute atomic E-state index is 12.1. The number of thioether (sulfide) groups is 1. The first-order chi connectivity index (χ1) is 8.98. The van der Waals surface area contributed by atoms with Gasteiger partial charge in [0.1, 0.15) is 5.03 Å². The van der Waals surface area contributed by atoms with Gasteiger partial charge in [-0.05, 0) is 25.8 Å². The van der Waals surface area contributed by atoms with Crippen LogP contribution < -0.4 is 10.1 Å². The summed E-state index contributed by atoms with van der Waals surface area (Å²) in [5, 5.41) is 3.79. The van der Waals surface area contributed by atoms with Crippen molar-refractivity contribution in [2.24, 2.45) is 0 Å². The number of hydrogen-bond acceptors (Lipinski definition) is 5. The van der Waals surface area contributed by atoms with E-state index in [9.17, 15) is 4.79 Å². The number of carbonyl (C=O) groups is 1. The van der Waals surface area contributed by atoms with Gasteiger partial charge in [-0.2, -0.15) is 0 Å². The minimum absolute atomic E-state index is 0.00785. The third kappa shape index (κ3) is 2.20. The van der Waals surface area contributed by atoms with Gasteiger partial charge in [0, 0.05) is 12.0 Å². The highest BCUT2D eigenvalue weighted by molar-refractivity contribution is 8.04. The van der Waals surface area contributed by atoms with Crippen LogP contribution in [0.3, 0.4) is 0 Å². The standard InChI is InChI=1S/C13H15N3O2S/c1-13(2)5-7-4-8-12(15-9(18-3)6-14-8)19-10(7)11(17)16-13/h6H,4-5H2,1-3H3,(H,16,17). The van der Waals surface area contributed by atoms with Crippen molar-refractivity contribution in [2.75, 3.05) is 7.11 Å². The van der Waals surface area contributed by atoms with Crippen LogP contribution in [0, 0.1) is 0 Å². The molecule has 0 fully saturated rings. The number of carbonyl (C=O) groups excluding carboxylic acids is 1. The molecule has 0 spiro atoms. The fourth-order valence-electron chi connectivity index (χ4n) is 2.43. The lowest BCUT2D eigenvalue weighted by Gasteiger charge is -2.35. The Balaban J connectivity index is 1.98. The highest BCUT2D eigenvalue weighted by Crippen LogP contribution is 2.41. The van der Waals surface area contributed by atoms with Crippen LogP contribution in [-0.2, 0) is 11.2 Å². The number of rotatable bonds is 1. The van der Waals surface area contributed by atoms with Gasteiger partial charge in [0.2, 0.25) is 5.88 Å². The lowest BCUT2D eigenvalue weighted by Crippen LogP contribution is -2.48. The van der Waals surface area contributed by atoms with Crippen LogP contribution in [0.15, 0.2) is 21.7 Å². The maximum atomic E-state index is 12.1. The Morgan fingerprint density at radius 1 is 1.47 bits per heavy atom. The van der Waals surface area contributed by atoms with Crippen LogP contribution in [0.4, 0.5) is 0 Å². The number of hydrogen-bond donors (Lipinski definition) is 1. The topological polar surface area (TPSA) is 64.1 Å². The fourth-order valence-corrected chi connectivity index (χ4v) is 3.43. The largest absolute Gasteiger partial charge is 0.480 e. The second-order valence-electron chi connectivity index (χ2n) is 5.39. The van der Waals surface area contributed by atoms with E-state index in [-0.39, 0.29) is 11.4 Å². The zero-order chi connectivity index (χ0) is 13.6.